The molecule has 1 unspecified atom stereocenters. The van der Waals surface area contributed by atoms with Crippen LogP contribution in [0.1, 0.15) is 39.0 Å². The first-order chi connectivity index (χ1) is 11.5. The van der Waals surface area contributed by atoms with Crippen LogP contribution in [0.2, 0.25) is 0 Å². The zero-order valence-corrected chi connectivity index (χ0v) is 13.9. The van der Waals surface area contributed by atoms with Crippen LogP contribution < -0.4 is 15.5 Å². The van der Waals surface area contributed by atoms with Crippen molar-refractivity contribution in [1.82, 2.24) is 5.32 Å². The van der Waals surface area contributed by atoms with Gasteiger partial charge in [-0.1, -0.05) is 6.92 Å². The first kappa shape index (κ1) is 18.4. The summed E-state index contributed by atoms with van der Waals surface area (Å²) in [6, 6.07) is 1.71. The molecule has 0 radical (unpaired) electrons. The van der Waals surface area contributed by atoms with Gasteiger partial charge in [0.15, 0.2) is 11.6 Å². The molecule has 0 spiro atoms. The molecule has 134 valence electrons. The maximum absolute atomic E-state index is 14.3. The molecule has 2 rings (SSSR count). The van der Waals surface area contributed by atoms with E-state index in [1.54, 1.807) is 4.90 Å². The number of benzene rings is 1. The molecular formula is C17H25F2N3O2. The topological polar surface area (TPSA) is 64.6 Å². The molecule has 2 amide bonds. The van der Waals surface area contributed by atoms with Crippen molar-refractivity contribution < 1.29 is 18.7 Å². The van der Waals surface area contributed by atoms with E-state index in [0.29, 0.717) is 25.9 Å². The van der Waals surface area contributed by atoms with Gasteiger partial charge in [-0.15, -0.1) is 0 Å². The predicted octanol–water partition coefficient (Wildman–Crippen LogP) is 3.24. The van der Waals surface area contributed by atoms with Crippen molar-refractivity contribution in [3.8, 4) is 0 Å². The van der Waals surface area contributed by atoms with Crippen LogP contribution >= 0.6 is 0 Å². The highest BCUT2D eigenvalue weighted by molar-refractivity contribution is 5.89. The van der Waals surface area contributed by atoms with Gasteiger partial charge < -0.3 is 20.6 Å². The molecular weight excluding hydrogens is 316 g/mol. The maximum atomic E-state index is 14.3. The van der Waals surface area contributed by atoms with Crippen molar-refractivity contribution in [2.24, 2.45) is 0 Å². The lowest BCUT2D eigenvalue weighted by molar-refractivity contribution is 0.160. The molecule has 1 aliphatic heterocycles. The van der Waals surface area contributed by atoms with Crippen molar-refractivity contribution in [2.75, 3.05) is 29.9 Å². The lowest BCUT2D eigenvalue weighted by Gasteiger charge is -2.29. The largest absolute Gasteiger partial charge is 0.393 e. The SMILES string of the molecule is CCC(O)CCNC(=O)Nc1cc(F)c(N2CCCCC2)c(F)c1. The van der Waals surface area contributed by atoms with Crippen LogP contribution in [0.4, 0.5) is 25.0 Å². The fourth-order valence-electron chi connectivity index (χ4n) is 2.79. The van der Waals surface area contributed by atoms with Gasteiger partial charge in [-0.2, -0.15) is 0 Å². The van der Waals surface area contributed by atoms with Crippen LogP contribution in [-0.2, 0) is 0 Å². The molecule has 1 saturated heterocycles. The number of carbonyl (C=O) groups is 1. The average Bonchev–Trinajstić information content (AvgIpc) is 2.55. The van der Waals surface area contributed by atoms with Gasteiger partial charge in [0.05, 0.1) is 6.10 Å². The lowest BCUT2D eigenvalue weighted by Crippen LogP contribution is -2.32. The molecule has 1 heterocycles. The number of nitrogens with zero attached hydrogens (tertiary/aromatic N) is 1. The Balaban J connectivity index is 1.95. The van der Waals surface area contributed by atoms with E-state index in [9.17, 15) is 18.7 Å². The number of aliphatic hydroxyl groups is 1. The number of rotatable bonds is 6. The van der Waals surface area contributed by atoms with Crippen LogP contribution in [0.3, 0.4) is 0 Å². The zero-order chi connectivity index (χ0) is 17.5. The van der Waals surface area contributed by atoms with Gasteiger partial charge in [0.25, 0.3) is 0 Å². The van der Waals surface area contributed by atoms with E-state index in [0.717, 1.165) is 31.4 Å². The van der Waals surface area contributed by atoms with E-state index in [4.69, 9.17) is 0 Å². The number of piperidine rings is 1. The molecule has 24 heavy (non-hydrogen) atoms. The fourth-order valence-corrected chi connectivity index (χ4v) is 2.79. The smallest absolute Gasteiger partial charge is 0.319 e. The second-order valence-electron chi connectivity index (χ2n) is 6.07. The Morgan fingerprint density at radius 3 is 2.46 bits per heavy atom. The predicted molar refractivity (Wildman–Crippen MR) is 90.4 cm³/mol. The summed E-state index contributed by atoms with van der Waals surface area (Å²) in [6.45, 7) is 3.42. The van der Waals surface area contributed by atoms with E-state index < -0.39 is 23.8 Å². The Bertz CT molecular complexity index is 540. The summed E-state index contributed by atoms with van der Waals surface area (Å²) in [5.74, 6) is -1.35. The number of anilines is 2. The number of carbonyl (C=O) groups excluding carboxylic acids is 1. The minimum absolute atomic E-state index is 0.0215. The summed E-state index contributed by atoms with van der Waals surface area (Å²) >= 11 is 0. The Morgan fingerprint density at radius 1 is 1.25 bits per heavy atom. The molecule has 1 aliphatic rings. The van der Waals surface area contributed by atoms with Crippen molar-refractivity contribution >= 4 is 17.4 Å². The third kappa shape index (κ3) is 5.06. The van der Waals surface area contributed by atoms with Gasteiger partial charge in [0.2, 0.25) is 0 Å². The van der Waals surface area contributed by atoms with Gasteiger partial charge in [-0.05, 0) is 44.2 Å². The van der Waals surface area contributed by atoms with Crippen LogP contribution in [-0.4, -0.2) is 36.9 Å². The van der Waals surface area contributed by atoms with Gasteiger partial charge in [-0.25, -0.2) is 13.6 Å². The van der Waals surface area contributed by atoms with Crippen LogP contribution in [0.15, 0.2) is 12.1 Å². The van der Waals surface area contributed by atoms with E-state index >= 15 is 0 Å². The highest BCUT2D eigenvalue weighted by Crippen LogP contribution is 2.29. The number of hydrogen-bond acceptors (Lipinski definition) is 3. The number of urea groups is 1. The fraction of sp³-hybridized carbons (Fsp3) is 0.588. The summed E-state index contributed by atoms with van der Waals surface area (Å²) in [6.07, 6.45) is 3.49. The summed E-state index contributed by atoms with van der Waals surface area (Å²) in [7, 11) is 0. The van der Waals surface area contributed by atoms with Crippen LogP contribution in [0.5, 0.6) is 0 Å². The Morgan fingerprint density at radius 2 is 1.88 bits per heavy atom. The van der Waals surface area contributed by atoms with Gasteiger partial charge in [-0.3, -0.25) is 0 Å². The zero-order valence-electron chi connectivity index (χ0n) is 13.9. The van der Waals surface area contributed by atoms with E-state index in [1.165, 1.54) is 0 Å². The second-order valence-corrected chi connectivity index (χ2v) is 6.07. The van der Waals surface area contributed by atoms with Crippen LogP contribution in [0.25, 0.3) is 0 Å². The lowest BCUT2D eigenvalue weighted by atomic mass is 10.1. The first-order valence-electron chi connectivity index (χ1n) is 8.48. The van der Waals surface area contributed by atoms with Crippen molar-refractivity contribution in [3.63, 3.8) is 0 Å². The molecule has 0 aliphatic carbocycles. The number of nitrogens with one attached hydrogen (secondary N) is 2. The second kappa shape index (κ2) is 8.82. The number of amides is 2. The highest BCUT2D eigenvalue weighted by Gasteiger charge is 2.20. The van der Waals surface area contributed by atoms with Crippen LogP contribution in [0, 0.1) is 11.6 Å². The summed E-state index contributed by atoms with van der Waals surface area (Å²) in [4.78, 5) is 13.4. The molecule has 0 saturated carbocycles. The third-order valence-corrected chi connectivity index (χ3v) is 4.18. The Labute approximate surface area is 141 Å². The first-order valence-corrected chi connectivity index (χ1v) is 8.48. The minimum atomic E-state index is -0.673. The molecule has 5 nitrogen and oxygen atoms in total. The van der Waals surface area contributed by atoms with Crippen molar-refractivity contribution in [1.29, 1.82) is 0 Å². The summed E-state index contributed by atoms with van der Waals surface area (Å²) in [5, 5.41) is 14.4. The summed E-state index contributed by atoms with van der Waals surface area (Å²) < 4.78 is 28.5. The quantitative estimate of drug-likeness (QED) is 0.744. The van der Waals surface area contributed by atoms with Gasteiger partial charge in [0.1, 0.15) is 5.69 Å². The van der Waals surface area contributed by atoms with E-state index in [-0.39, 0.29) is 17.9 Å². The number of hydrogen-bond donors (Lipinski definition) is 3. The molecule has 0 aromatic heterocycles. The van der Waals surface area contributed by atoms with Gasteiger partial charge in [0, 0.05) is 25.3 Å². The maximum Gasteiger partial charge on any atom is 0.319 e. The highest BCUT2D eigenvalue weighted by atomic mass is 19.1. The molecule has 1 aromatic rings. The molecule has 1 atom stereocenters. The van der Waals surface area contributed by atoms with E-state index in [1.807, 2.05) is 6.92 Å². The monoisotopic (exact) mass is 341 g/mol. The third-order valence-electron chi connectivity index (χ3n) is 4.18. The summed E-state index contributed by atoms with van der Waals surface area (Å²) in [5.41, 5.74) is 0.0472. The normalized spacial score (nSPS) is 15.9. The minimum Gasteiger partial charge on any atom is -0.393 e. The van der Waals surface area contributed by atoms with Crippen molar-refractivity contribution in [3.05, 3.63) is 23.8 Å². The van der Waals surface area contributed by atoms with E-state index in [2.05, 4.69) is 10.6 Å². The standard InChI is InChI=1S/C17H25F2N3O2/c1-2-13(23)6-7-20-17(24)21-12-10-14(18)16(15(19)11-12)22-8-4-3-5-9-22/h10-11,13,23H,2-9H2,1H3,(H2,20,21,24). The molecule has 7 heteroatoms. The average molecular weight is 341 g/mol. The van der Waals surface area contributed by atoms with Crippen molar-refractivity contribution in [2.45, 2.75) is 45.1 Å². The molecule has 3 N–H and O–H groups in total. The Kier molecular flexibility index (Phi) is 6.78. The Hall–Kier alpha value is -1.89. The molecule has 1 fully saturated rings. The number of halogens is 2. The molecule has 1 aromatic carbocycles. The molecule has 0 bridgehead atoms. The van der Waals surface area contributed by atoms with Gasteiger partial charge >= 0.3 is 6.03 Å². The number of aliphatic hydroxyl groups excluding tert-OH is 1.